The Bertz CT molecular complexity index is 298. The number of aryl methyl sites for hydroxylation is 1. The van der Waals surface area contributed by atoms with Gasteiger partial charge in [0.2, 0.25) is 0 Å². The number of aromatic nitrogens is 2. The molecule has 3 nitrogen and oxygen atoms in total. The maximum atomic E-state index is 4.37. The van der Waals surface area contributed by atoms with Gasteiger partial charge in [-0.05, 0) is 26.7 Å². The summed E-state index contributed by atoms with van der Waals surface area (Å²) in [6.07, 6.45) is 6.07. The number of hydrogen-bond acceptors (Lipinski definition) is 3. The molecule has 0 aliphatic carbocycles. The van der Waals surface area contributed by atoms with Gasteiger partial charge in [-0.25, -0.2) is 4.98 Å². The normalized spacial score (nSPS) is 22.3. The lowest BCUT2D eigenvalue weighted by Crippen LogP contribution is -2.28. The number of nitrogens with zero attached hydrogens (tertiary/aromatic N) is 3. The van der Waals surface area contributed by atoms with Gasteiger partial charge in [0.05, 0.1) is 5.69 Å². The van der Waals surface area contributed by atoms with Crippen LogP contribution < -0.4 is 4.90 Å². The predicted molar refractivity (Wildman–Crippen MR) is 52.8 cm³/mol. The smallest absolute Gasteiger partial charge is 0.150 e. The molecule has 1 atom stereocenters. The average Bonchev–Trinajstić information content (AvgIpc) is 2.52. The van der Waals surface area contributed by atoms with E-state index in [1.165, 1.54) is 12.8 Å². The maximum absolute atomic E-state index is 4.37. The van der Waals surface area contributed by atoms with Gasteiger partial charge < -0.3 is 4.90 Å². The van der Waals surface area contributed by atoms with Crippen molar-refractivity contribution in [3.05, 3.63) is 18.1 Å². The number of hydrogen-bond donors (Lipinski definition) is 0. The summed E-state index contributed by atoms with van der Waals surface area (Å²) in [6.45, 7) is 5.40. The zero-order chi connectivity index (χ0) is 9.26. The Hall–Kier alpha value is -1.12. The van der Waals surface area contributed by atoms with Crippen LogP contribution in [0.15, 0.2) is 12.4 Å². The Balaban J connectivity index is 2.29. The highest BCUT2D eigenvalue weighted by Crippen LogP contribution is 2.24. The lowest BCUT2D eigenvalue weighted by molar-refractivity contribution is 0.722. The molecule has 1 aliphatic rings. The van der Waals surface area contributed by atoms with E-state index in [0.29, 0.717) is 6.04 Å². The summed E-state index contributed by atoms with van der Waals surface area (Å²) in [5, 5.41) is 0. The van der Waals surface area contributed by atoms with Crippen LogP contribution in [0.2, 0.25) is 0 Å². The van der Waals surface area contributed by atoms with Crippen LogP contribution in [0.25, 0.3) is 0 Å². The molecule has 0 N–H and O–H groups in total. The molecule has 0 saturated carbocycles. The van der Waals surface area contributed by atoms with Gasteiger partial charge in [-0.2, -0.15) is 0 Å². The largest absolute Gasteiger partial charge is 0.352 e. The molecule has 1 aliphatic heterocycles. The van der Waals surface area contributed by atoms with Crippen molar-refractivity contribution in [3.63, 3.8) is 0 Å². The van der Waals surface area contributed by atoms with Crippen LogP contribution in [0.4, 0.5) is 5.82 Å². The van der Waals surface area contributed by atoms with E-state index in [9.17, 15) is 0 Å². The van der Waals surface area contributed by atoms with Gasteiger partial charge in [0, 0.05) is 25.0 Å². The number of anilines is 1. The molecule has 0 amide bonds. The molecule has 1 aromatic rings. The van der Waals surface area contributed by atoms with Gasteiger partial charge in [0.15, 0.2) is 0 Å². The SMILES string of the molecule is Cc1nccnc1N1CCCC1C. The van der Waals surface area contributed by atoms with Crippen molar-refractivity contribution in [2.75, 3.05) is 11.4 Å². The maximum Gasteiger partial charge on any atom is 0.150 e. The molecule has 1 aromatic heterocycles. The third kappa shape index (κ3) is 1.50. The van der Waals surface area contributed by atoms with Gasteiger partial charge in [-0.3, -0.25) is 4.98 Å². The van der Waals surface area contributed by atoms with Gasteiger partial charge in [-0.1, -0.05) is 0 Å². The van der Waals surface area contributed by atoms with E-state index in [1.807, 2.05) is 6.92 Å². The third-order valence-electron chi connectivity index (χ3n) is 2.68. The first kappa shape index (κ1) is 8.48. The highest BCUT2D eigenvalue weighted by Gasteiger charge is 2.22. The highest BCUT2D eigenvalue weighted by molar-refractivity contribution is 5.44. The first-order valence-electron chi connectivity index (χ1n) is 4.83. The molecule has 0 bridgehead atoms. The fraction of sp³-hybridized carbons (Fsp3) is 0.600. The van der Waals surface area contributed by atoms with E-state index in [1.54, 1.807) is 12.4 Å². The first-order chi connectivity index (χ1) is 6.29. The molecule has 0 radical (unpaired) electrons. The molecular weight excluding hydrogens is 162 g/mol. The van der Waals surface area contributed by atoms with Crippen molar-refractivity contribution in [1.29, 1.82) is 0 Å². The minimum absolute atomic E-state index is 0.621. The molecule has 1 unspecified atom stereocenters. The van der Waals surface area contributed by atoms with E-state index in [4.69, 9.17) is 0 Å². The topological polar surface area (TPSA) is 29.0 Å². The van der Waals surface area contributed by atoms with E-state index in [0.717, 1.165) is 18.1 Å². The van der Waals surface area contributed by atoms with Crippen LogP contribution in [0.5, 0.6) is 0 Å². The molecule has 3 heteroatoms. The molecule has 2 heterocycles. The Morgan fingerprint density at radius 2 is 2.15 bits per heavy atom. The van der Waals surface area contributed by atoms with Crippen LogP contribution >= 0.6 is 0 Å². The molecule has 70 valence electrons. The van der Waals surface area contributed by atoms with Gasteiger partial charge in [-0.15, -0.1) is 0 Å². The Morgan fingerprint density at radius 1 is 1.38 bits per heavy atom. The summed E-state index contributed by atoms with van der Waals surface area (Å²) in [5.41, 5.74) is 1.04. The Morgan fingerprint density at radius 3 is 2.77 bits per heavy atom. The summed E-state index contributed by atoms with van der Waals surface area (Å²) in [5.74, 6) is 1.06. The van der Waals surface area contributed by atoms with Crippen molar-refractivity contribution in [2.45, 2.75) is 32.7 Å². The summed E-state index contributed by atoms with van der Waals surface area (Å²) in [7, 11) is 0. The molecule has 1 saturated heterocycles. The standard InChI is InChI=1S/C10H15N3/c1-8-4-3-7-13(8)10-9(2)11-5-6-12-10/h5-6,8H,3-4,7H2,1-2H3. The lowest BCUT2D eigenvalue weighted by Gasteiger charge is -2.23. The monoisotopic (exact) mass is 177 g/mol. The first-order valence-corrected chi connectivity index (χ1v) is 4.83. The molecule has 13 heavy (non-hydrogen) atoms. The van der Waals surface area contributed by atoms with E-state index in [2.05, 4.69) is 21.8 Å². The van der Waals surface area contributed by atoms with Crippen LogP contribution in [0.3, 0.4) is 0 Å². The Labute approximate surface area is 78.8 Å². The summed E-state index contributed by atoms with van der Waals surface area (Å²) < 4.78 is 0. The van der Waals surface area contributed by atoms with Crippen molar-refractivity contribution in [2.24, 2.45) is 0 Å². The van der Waals surface area contributed by atoms with Crippen LogP contribution in [0.1, 0.15) is 25.5 Å². The molecule has 2 rings (SSSR count). The second-order valence-corrected chi connectivity index (χ2v) is 3.65. The van der Waals surface area contributed by atoms with Gasteiger partial charge >= 0.3 is 0 Å². The summed E-state index contributed by atoms with van der Waals surface area (Å²) >= 11 is 0. The Kier molecular flexibility index (Phi) is 2.17. The van der Waals surface area contributed by atoms with Crippen molar-refractivity contribution >= 4 is 5.82 Å². The highest BCUT2D eigenvalue weighted by atomic mass is 15.2. The van der Waals surface area contributed by atoms with Crippen LogP contribution in [-0.4, -0.2) is 22.6 Å². The summed E-state index contributed by atoms with van der Waals surface area (Å²) in [6, 6.07) is 0.621. The third-order valence-corrected chi connectivity index (χ3v) is 2.68. The van der Waals surface area contributed by atoms with Crippen molar-refractivity contribution in [3.8, 4) is 0 Å². The zero-order valence-electron chi connectivity index (χ0n) is 8.20. The van der Waals surface area contributed by atoms with E-state index >= 15 is 0 Å². The van der Waals surface area contributed by atoms with E-state index < -0.39 is 0 Å². The second-order valence-electron chi connectivity index (χ2n) is 3.65. The zero-order valence-corrected chi connectivity index (χ0v) is 8.20. The molecule has 0 aromatic carbocycles. The van der Waals surface area contributed by atoms with Crippen LogP contribution in [0, 0.1) is 6.92 Å². The molecule has 0 spiro atoms. The van der Waals surface area contributed by atoms with Crippen molar-refractivity contribution < 1.29 is 0 Å². The number of rotatable bonds is 1. The quantitative estimate of drug-likeness (QED) is 0.654. The summed E-state index contributed by atoms with van der Waals surface area (Å²) in [4.78, 5) is 11.0. The van der Waals surface area contributed by atoms with Crippen molar-refractivity contribution in [1.82, 2.24) is 9.97 Å². The lowest BCUT2D eigenvalue weighted by atomic mass is 10.2. The molecule has 1 fully saturated rings. The second kappa shape index (κ2) is 3.32. The fourth-order valence-electron chi connectivity index (χ4n) is 1.93. The molecular formula is C10H15N3. The minimum atomic E-state index is 0.621. The van der Waals surface area contributed by atoms with Crippen LogP contribution in [-0.2, 0) is 0 Å². The fourth-order valence-corrected chi connectivity index (χ4v) is 1.93. The predicted octanol–water partition coefficient (Wildman–Crippen LogP) is 1.77. The van der Waals surface area contributed by atoms with E-state index in [-0.39, 0.29) is 0 Å². The van der Waals surface area contributed by atoms with Gasteiger partial charge in [0.25, 0.3) is 0 Å². The minimum Gasteiger partial charge on any atom is -0.352 e. The van der Waals surface area contributed by atoms with Gasteiger partial charge in [0.1, 0.15) is 5.82 Å². The average molecular weight is 177 g/mol.